The summed E-state index contributed by atoms with van der Waals surface area (Å²) in [6.07, 6.45) is 6.92. The summed E-state index contributed by atoms with van der Waals surface area (Å²) in [5.41, 5.74) is 2.45. The van der Waals surface area contributed by atoms with E-state index in [0.29, 0.717) is 24.8 Å². The highest BCUT2D eigenvalue weighted by Crippen LogP contribution is 2.32. The van der Waals surface area contributed by atoms with Gasteiger partial charge in [0.15, 0.2) is 5.69 Å². The van der Waals surface area contributed by atoms with Crippen LogP contribution in [0.1, 0.15) is 72.5 Å². The Labute approximate surface area is 125 Å². The van der Waals surface area contributed by atoms with Crippen molar-refractivity contribution in [3.05, 3.63) is 22.8 Å². The minimum atomic E-state index is -0.308. The fraction of sp³-hybridized carbons (Fsp3) is 0.688. The lowest BCUT2D eigenvalue weighted by Crippen LogP contribution is -2.29. The third-order valence-electron chi connectivity index (χ3n) is 4.39. The Morgan fingerprint density at radius 1 is 1.29 bits per heavy atom. The molecule has 1 saturated carbocycles. The van der Waals surface area contributed by atoms with Crippen LogP contribution in [-0.4, -0.2) is 29.1 Å². The third-order valence-corrected chi connectivity index (χ3v) is 4.39. The van der Waals surface area contributed by atoms with Crippen molar-refractivity contribution in [2.45, 2.75) is 57.9 Å². The molecule has 1 aliphatic heterocycles. The highest BCUT2D eigenvalue weighted by molar-refractivity contribution is 5.89. The molecule has 1 aliphatic carbocycles. The Morgan fingerprint density at radius 2 is 2.10 bits per heavy atom. The second-order valence-corrected chi connectivity index (χ2v) is 5.84. The van der Waals surface area contributed by atoms with Gasteiger partial charge in [0, 0.05) is 31.0 Å². The number of aromatic nitrogens is 2. The molecule has 0 unspecified atom stereocenters. The number of esters is 1. The quantitative estimate of drug-likeness (QED) is 0.865. The molecule has 0 saturated heterocycles. The maximum atomic E-state index is 12.2. The molecule has 2 heterocycles. The first-order valence-electron chi connectivity index (χ1n) is 8.07. The van der Waals surface area contributed by atoms with Gasteiger partial charge in [0.2, 0.25) is 0 Å². The van der Waals surface area contributed by atoms with Crippen molar-refractivity contribution >= 4 is 5.97 Å². The van der Waals surface area contributed by atoms with Crippen LogP contribution >= 0.6 is 0 Å². The van der Waals surface area contributed by atoms with Crippen molar-refractivity contribution in [1.82, 2.24) is 15.3 Å². The molecule has 0 atom stereocenters. The first-order valence-corrected chi connectivity index (χ1v) is 8.07. The summed E-state index contributed by atoms with van der Waals surface area (Å²) in [5, 5.41) is 3.29. The van der Waals surface area contributed by atoms with Crippen molar-refractivity contribution in [2.75, 3.05) is 13.2 Å². The molecule has 3 rings (SSSR count). The highest BCUT2D eigenvalue weighted by atomic mass is 16.5. The summed E-state index contributed by atoms with van der Waals surface area (Å²) >= 11 is 0. The molecule has 0 bridgehead atoms. The van der Waals surface area contributed by atoms with Gasteiger partial charge in [-0.1, -0.05) is 19.3 Å². The van der Waals surface area contributed by atoms with Gasteiger partial charge < -0.3 is 10.1 Å². The predicted molar refractivity (Wildman–Crippen MR) is 79.2 cm³/mol. The minimum Gasteiger partial charge on any atom is -0.461 e. The minimum absolute atomic E-state index is 0.308. The van der Waals surface area contributed by atoms with E-state index in [9.17, 15) is 4.79 Å². The van der Waals surface area contributed by atoms with E-state index in [0.717, 1.165) is 42.9 Å². The molecule has 0 spiro atoms. The van der Waals surface area contributed by atoms with Crippen molar-refractivity contribution < 1.29 is 9.53 Å². The van der Waals surface area contributed by atoms with Crippen LogP contribution in [0.3, 0.4) is 0 Å². The van der Waals surface area contributed by atoms with E-state index in [1.54, 1.807) is 0 Å². The van der Waals surface area contributed by atoms with Crippen LogP contribution in [0.5, 0.6) is 0 Å². The number of ether oxygens (including phenoxy) is 1. The van der Waals surface area contributed by atoms with Crippen LogP contribution in [0.2, 0.25) is 0 Å². The van der Waals surface area contributed by atoms with Crippen molar-refractivity contribution in [2.24, 2.45) is 0 Å². The normalized spacial score (nSPS) is 19.1. The molecule has 5 heteroatoms. The van der Waals surface area contributed by atoms with Gasteiger partial charge in [0.1, 0.15) is 5.82 Å². The Balaban J connectivity index is 1.97. The number of carbonyl (C=O) groups is 1. The summed E-state index contributed by atoms with van der Waals surface area (Å²) in [5.74, 6) is 0.961. The first-order chi connectivity index (χ1) is 10.3. The number of hydrogen-bond donors (Lipinski definition) is 1. The number of fused-ring (bicyclic) bond motifs is 1. The van der Waals surface area contributed by atoms with Gasteiger partial charge in [-0.2, -0.15) is 0 Å². The van der Waals surface area contributed by atoms with Gasteiger partial charge in [-0.3, -0.25) is 0 Å². The molecule has 5 nitrogen and oxygen atoms in total. The van der Waals surface area contributed by atoms with E-state index >= 15 is 0 Å². The molecular weight excluding hydrogens is 266 g/mol. The maximum absolute atomic E-state index is 12.2. The van der Waals surface area contributed by atoms with Crippen LogP contribution < -0.4 is 5.32 Å². The van der Waals surface area contributed by atoms with E-state index < -0.39 is 0 Å². The molecular formula is C16H23N3O2. The zero-order valence-corrected chi connectivity index (χ0v) is 12.7. The summed E-state index contributed by atoms with van der Waals surface area (Å²) in [7, 11) is 0. The molecule has 0 aromatic carbocycles. The average Bonchev–Trinajstić information content (AvgIpc) is 2.55. The second kappa shape index (κ2) is 6.52. The van der Waals surface area contributed by atoms with Crippen LogP contribution in [-0.2, 0) is 17.7 Å². The average molecular weight is 289 g/mol. The Kier molecular flexibility index (Phi) is 4.48. The largest absolute Gasteiger partial charge is 0.461 e. The molecule has 114 valence electrons. The van der Waals surface area contributed by atoms with Crippen molar-refractivity contribution in [1.29, 1.82) is 0 Å². The molecule has 1 fully saturated rings. The Hall–Kier alpha value is -1.49. The van der Waals surface area contributed by atoms with Crippen molar-refractivity contribution in [3.63, 3.8) is 0 Å². The van der Waals surface area contributed by atoms with E-state index in [2.05, 4.69) is 10.3 Å². The fourth-order valence-corrected chi connectivity index (χ4v) is 3.27. The van der Waals surface area contributed by atoms with E-state index in [1.165, 1.54) is 19.3 Å². The van der Waals surface area contributed by atoms with E-state index in [-0.39, 0.29) is 5.97 Å². The highest BCUT2D eigenvalue weighted by Gasteiger charge is 2.26. The number of nitrogens with one attached hydrogen (secondary N) is 1. The lowest BCUT2D eigenvalue weighted by molar-refractivity contribution is 0.0516. The maximum Gasteiger partial charge on any atom is 0.357 e. The molecule has 21 heavy (non-hydrogen) atoms. The fourth-order valence-electron chi connectivity index (χ4n) is 3.27. The lowest BCUT2D eigenvalue weighted by Gasteiger charge is -2.24. The Morgan fingerprint density at radius 3 is 2.86 bits per heavy atom. The number of rotatable bonds is 3. The zero-order chi connectivity index (χ0) is 14.7. The summed E-state index contributed by atoms with van der Waals surface area (Å²) in [4.78, 5) is 21.6. The van der Waals surface area contributed by atoms with Gasteiger partial charge in [-0.25, -0.2) is 14.8 Å². The van der Waals surface area contributed by atoms with Gasteiger partial charge in [-0.15, -0.1) is 0 Å². The zero-order valence-electron chi connectivity index (χ0n) is 12.7. The molecule has 1 aromatic heterocycles. The Bertz CT molecular complexity index is 524. The lowest BCUT2D eigenvalue weighted by atomic mass is 9.88. The van der Waals surface area contributed by atoms with Gasteiger partial charge in [-0.05, 0) is 19.8 Å². The molecule has 0 amide bonds. The summed E-state index contributed by atoms with van der Waals surface area (Å²) in [6, 6.07) is 0. The smallest absolute Gasteiger partial charge is 0.357 e. The van der Waals surface area contributed by atoms with Crippen LogP contribution in [0.4, 0.5) is 0 Å². The standard InChI is InChI=1S/C16H23N3O2/c1-2-21-16(20)14-12-10-17-9-8-13(12)18-15(19-14)11-6-4-3-5-7-11/h11,17H,2-10H2,1H3. The monoisotopic (exact) mass is 289 g/mol. The molecule has 2 aliphatic rings. The van der Waals surface area contributed by atoms with Crippen molar-refractivity contribution in [3.8, 4) is 0 Å². The van der Waals surface area contributed by atoms with Gasteiger partial charge in [0.25, 0.3) is 0 Å². The first kappa shape index (κ1) is 14.4. The van der Waals surface area contributed by atoms with Crippen LogP contribution in [0.25, 0.3) is 0 Å². The SMILES string of the molecule is CCOC(=O)c1nc(C2CCCCC2)nc2c1CNCC2. The predicted octanol–water partition coefficient (Wildman–Crippen LogP) is 2.35. The second-order valence-electron chi connectivity index (χ2n) is 5.84. The van der Waals surface area contributed by atoms with Crippen LogP contribution in [0.15, 0.2) is 0 Å². The molecule has 0 radical (unpaired) electrons. The molecule has 1 aromatic rings. The number of hydrogen-bond acceptors (Lipinski definition) is 5. The number of carbonyl (C=O) groups excluding carboxylic acids is 1. The summed E-state index contributed by atoms with van der Waals surface area (Å²) in [6.45, 7) is 3.78. The van der Waals surface area contributed by atoms with E-state index in [4.69, 9.17) is 9.72 Å². The molecule has 1 N–H and O–H groups in total. The van der Waals surface area contributed by atoms with Gasteiger partial charge >= 0.3 is 5.97 Å². The summed E-state index contributed by atoms with van der Waals surface area (Å²) < 4.78 is 5.18. The topological polar surface area (TPSA) is 64.1 Å². The van der Waals surface area contributed by atoms with Crippen LogP contribution in [0, 0.1) is 0 Å². The third kappa shape index (κ3) is 3.07. The van der Waals surface area contributed by atoms with E-state index in [1.807, 2.05) is 6.92 Å². The van der Waals surface area contributed by atoms with Gasteiger partial charge in [0.05, 0.1) is 12.3 Å². The number of nitrogens with zero attached hydrogens (tertiary/aromatic N) is 2.